The zero-order chi connectivity index (χ0) is 13.5. The summed E-state index contributed by atoms with van der Waals surface area (Å²) in [6.07, 6.45) is 0.361. The van der Waals surface area contributed by atoms with Crippen molar-refractivity contribution >= 4 is 29.2 Å². The fourth-order valence-corrected chi connectivity index (χ4v) is 1.83. The van der Waals surface area contributed by atoms with Gasteiger partial charge in [0, 0.05) is 12.6 Å². The molecule has 100 valence electrons. The zero-order valence-electron chi connectivity index (χ0n) is 10.5. The SMILES string of the molecule is CCOC(=O)CCNC(C)c1ccc(Cl)c(Cl)c1. The van der Waals surface area contributed by atoms with E-state index in [1.165, 1.54) is 0 Å². The largest absolute Gasteiger partial charge is 0.466 e. The lowest BCUT2D eigenvalue weighted by Gasteiger charge is -2.14. The van der Waals surface area contributed by atoms with E-state index < -0.39 is 0 Å². The van der Waals surface area contributed by atoms with Crippen molar-refractivity contribution in [2.24, 2.45) is 0 Å². The first-order valence-corrected chi connectivity index (χ1v) is 6.64. The van der Waals surface area contributed by atoms with Crippen molar-refractivity contribution in [3.8, 4) is 0 Å². The van der Waals surface area contributed by atoms with Gasteiger partial charge in [0.15, 0.2) is 0 Å². The highest BCUT2D eigenvalue weighted by Gasteiger charge is 2.08. The number of benzene rings is 1. The number of nitrogens with one attached hydrogen (secondary N) is 1. The molecule has 0 radical (unpaired) electrons. The molecule has 0 saturated heterocycles. The summed E-state index contributed by atoms with van der Waals surface area (Å²) in [4.78, 5) is 11.2. The number of rotatable bonds is 6. The second-order valence-corrected chi connectivity index (χ2v) is 4.72. The summed E-state index contributed by atoms with van der Waals surface area (Å²) in [5, 5.41) is 4.31. The van der Waals surface area contributed by atoms with E-state index in [1.54, 1.807) is 13.0 Å². The second-order valence-electron chi connectivity index (χ2n) is 3.90. The zero-order valence-corrected chi connectivity index (χ0v) is 12.0. The van der Waals surface area contributed by atoms with Gasteiger partial charge >= 0.3 is 5.97 Å². The van der Waals surface area contributed by atoms with Crippen molar-refractivity contribution in [1.82, 2.24) is 5.32 Å². The van der Waals surface area contributed by atoms with Crippen LogP contribution < -0.4 is 5.32 Å². The highest BCUT2D eigenvalue weighted by Crippen LogP contribution is 2.25. The van der Waals surface area contributed by atoms with Crippen LogP contribution in [0.1, 0.15) is 31.9 Å². The highest BCUT2D eigenvalue weighted by molar-refractivity contribution is 6.42. The van der Waals surface area contributed by atoms with Gasteiger partial charge < -0.3 is 10.1 Å². The van der Waals surface area contributed by atoms with E-state index in [2.05, 4.69) is 5.32 Å². The summed E-state index contributed by atoms with van der Waals surface area (Å²) in [6, 6.07) is 5.61. The Bertz CT molecular complexity index is 410. The maximum atomic E-state index is 11.2. The minimum Gasteiger partial charge on any atom is -0.466 e. The third-order valence-electron chi connectivity index (χ3n) is 2.53. The Kier molecular flexibility index (Phi) is 6.47. The minimum absolute atomic E-state index is 0.106. The Morgan fingerprint density at radius 2 is 2.11 bits per heavy atom. The average molecular weight is 290 g/mol. The number of hydrogen-bond donors (Lipinski definition) is 1. The molecule has 1 aromatic carbocycles. The lowest BCUT2D eigenvalue weighted by molar-refractivity contribution is -0.143. The smallest absolute Gasteiger partial charge is 0.307 e. The highest BCUT2D eigenvalue weighted by atomic mass is 35.5. The standard InChI is InChI=1S/C13H17Cl2NO2/c1-3-18-13(17)6-7-16-9(2)10-4-5-11(14)12(15)8-10/h4-5,8-9,16H,3,6-7H2,1-2H3. The van der Waals surface area contributed by atoms with Crippen molar-refractivity contribution in [3.05, 3.63) is 33.8 Å². The van der Waals surface area contributed by atoms with Gasteiger partial charge in [-0.05, 0) is 31.5 Å². The number of halogens is 2. The third kappa shape index (κ3) is 4.84. The lowest BCUT2D eigenvalue weighted by atomic mass is 10.1. The molecule has 0 fully saturated rings. The number of ether oxygens (including phenoxy) is 1. The summed E-state index contributed by atoms with van der Waals surface area (Å²) in [5.74, 6) is -0.189. The molecule has 0 aliphatic heterocycles. The molecule has 0 aliphatic rings. The number of carbonyl (C=O) groups is 1. The maximum Gasteiger partial charge on any atom is 0.307 e. The first-order valence-electron chi connectivity index (χ1n) is 5.88. The van der Waals surface area contributed by atoms with E-state index in [-0.39, 0.29) is 12.0 Å². The Labute approximate surface area is 117 Å². The molecule has 18 heavy (non-hydrogen) atoms. The van der Waals surface area contributed by atoms with Crippen LogP contribution in [0.15, 0.2) is 18.2 Å². The molecule has 3 nitrogen and oxygen atoms in total. The first kappa shape index (κ1) is 15.3. The van der Waals surface area contributed by atoms with Crippen molar-refractivity contribution in [3.63, 3.8) is 0 Å². The van der Waals surface area contributed by atoms with Gasteiger partial charge in [-0.3, -0.25) is 4.79 Å². The van der Waals surface area contributed by atoms with E-state index in [9.17, 15) is 4.79 Å². The molecule has 1 N–H and O–H groups in total. The van der Waals surface area contributed by atoms with Crippen LogP contribution in [-0.4, -0.2) is 19.1 Å². The van der Waals surface area contributed by atoms with Gasteiger partial charge in [0.1, 0.15) is 0 Å². The van der Waals surface area contributed by atoms with Gasteiger partial charge in [-0.1, -0.05) is 29.3 Å². The van der Waals surface area contributed by atoms with Crippen LogP contribution in [0.3, 0.4) is 0 Å². The van der Waals surface area contributed by atoms with Gasteiger partial charge in [-0.2, -0.15) is 0 Å². The molecule has 0 amide bonds. The fraction of sp³-hybridized carbons (Fsp3) is 0.462. The van der Waals surface area contributed by atoms with Gasteiger partial charge in [0.05, 0.1) is 23.1 Å². The van der Waals surface area contributed by atoms with E-state index in [1.807, 2.05) is 19.1 Å². The average Bonchev–Trinajstić information content (AvgIpc) is 2.33. The quantitative estimate of drug-likeness (QED) is 0.814. The summed E-state index contributed by atoms with van der Waals surface area (Å²) < 4.78 is 4.85. The molecule has 0 bridgehead atoms. The molecule has 5 heteroatoms. The van der Waals surface area contributed by atoms with Crippen molar-refractivity contribution < 1.29 is 9.53 Å². The molecule has 1 unspecified atom stereocenters. The maximum absolute atomic E-state index is 11.2. The summed E-state index contributed by atoms with van der Waals surface area (Å²) in [5.41, 5.74) is 1.04. The molecule has 1 rings (SSSR count). The predicted octanol–water partition coefficient (Wildman–Crippen LogP) is 3.60. The molecular weight excluding hydrogens is 273 g/mol. The summed E-state index contributed by atoms with van der Waals surface area (Å²) in [7, 11) is 0. The molecule has 0 saturated carbocycles. The molecule has 0 aliphatic carbocycles. The van der Waals surface area contributed by atoms with Gasteiger partial charge in [-0.25, -0.2) is 0 Å². The fourth-order valence-electron chi connectivity index (χ4n) is 1.52. The monoisotopic (exact) mass is 289 g/mol. The molecule has 0 heterocycles. The van der Waals surface area contributed by atoms with E-state index in [4.69, 9.17) is 27.9 Å². The summed E-state index contributed by atoms with van der Waals surface area (Å²) in [6.45, 7) is 4.79. The molecule has 1 aromatic rings. The number of carbonyl (C=O) groups excluding carboxylic acids is 1. The molecule has 0 spiro atoms. The Hall–Kier alpha value is -0.770. The normalized spacial score (nSPS) is 12.2. The van der Waals surface area contributed by atoms with E-state index in [0.29, 0.717) is 29.6 Å². The van der Waals surface area contributed by atoms with Crippen LogP contribution in [0, 0.1) is 0 Å². The Morgan fingerprint density at radius 1 is 1.39 bits per heavy atom. The second kappa shape index (κ2) is 7.62. The van der Waals surface area contributed by atoms with Crippen LogP contribution in [0.5, 0.6) is 0 Å². The Morgan fingerprint density at radius 3 is 2.72 bits per heavy atom. The third-order valence-corrected chi connectivity index (χ3v) is 3.27. The summed E-state index contributed by atoms with van der Waals surface area (Å²) >= 11 is 11.8. The van der Waals surface area contributed by atoms with Crippen LogP contribution in [0.25, 0.3) is 0 Å². The van der Waals surface area contributed by atoms with Crippen molar-refractivity contribution in [1.29, 1.82) is 0 Å². The van der Waals surface area contributed by atoms with Gasteiger partial charge in [-0.15, -0.1) is 0 Å². The molecule has 1 atom stereocenters. The van der Waals surface area contributed by atoms with Gasteiger partial charge in [0.25, 0.3) is 0 Å². The van der Waals surface area contributed by atoms with Crippen LogP contribution in [-0.2, 0) is 9.53 Å². The molecule has 0 aromatic heterocycles. The first-order chi connectivity index (χ1) is 8.54. The van der Waals surface area contributed by atoms with Crippen molar-refractivity contribution in [2.75, 3.05) is 13.2 Å². The van der Waals surface area contributed by atoms with Gasteiger partial charge in [0.2, 0.25) is 0 Å². The molecular formula is C13H17Cl2NO2. The van der Waals surface area contributed by atoms with Crippen LogP contribution in [0.2, 0.25) is 10.0 Å². The van der Waals surface area contributed by atoms with Crippen molar-refractivity contribution in [2.45, 2.75) is 26.3 Å². The van der Waals surface area contributed by atoms with Crippen LogP contribution >= 0.6 is 23.2 Å². The van der Waals surface area contributed by atoms with E-state index in [0.717, 1.165) is 5.56 Å². The number of hydrogen-bond acceptors (Lipinski definition) is 3. The topological polar surface area (TPSA) is 38.3 Å². The minimum atomic E-state index is -0.189. The van der Waals surface area contributed by atoms with Crippen LogP contribution in [0.4, 0.5) is 0 Å². The number of esters is 1. The predicted molar refractivity (Wildman–Crippen MR) is 74.1 cm³/mol. The lowest BCUT2D eigenvalue weighted by Crippen LogP contribution is -2.22. The Balaban J connectivity index is 2.43. The van der Waals surface area contributed by atoms with E-state index >= 15 is 0 Å².